The van der Waals surface area contributed by atoms with E-state index in [2.05, 4.69) is 55.4 Å². The van der Waals surface area contributed by atoms with Gasteiger partial charge in [-0.15, -0.1) is 0 Å². The van der Waals surface area contributed by atoms with E-state index in [1.807, 2.05) is 24.3 Å². The summed E-state index contributed by atoms with van der Waals surface area (Å²) in [5, 5.41) is 20.5. The van der Waals surface area contributed by atoms with Crippen molar-refractivity contribution < 1.29 is 10.2 Å². The van der Waals surface area contributed by atoms with Crippen molar-refractivity contribution in [2.45, 2.75) is 88.9 Å². The van der Waals surface area contributed by atoms with Crippen molar-refractivity contribution >= 4 is 11.8 Å². The minimum atomic E-state index is 0.319. The maximum Gasteiger partial charge on any atom is 0.116 e. The second-order valence-electron chi connectivity index (χ2n) is 8.63. The number of phenolic OH excluding ortho intramolecular Hbond substituents is 2. The number of benzene rings is 2. The van der Waals surface area contributed by atoms with E-state index in [0.29, 0.717) is 35.2 Å². The van der Waals surface area contributed by atoms with Gasteiger partial charge in [-0.3, -0.25) is 0 Å². The van der Waals surface area contributed by atoms with Crippen molar-refractivity contribution in [2.24, 2.45) is 0 Å². The molecule has 0 aliphatic rings. The Labute approximate surface area is 169 Å². The van der Waals surface area contributed by atoms with Gasteiger partial charge in [-0.2, -0.15) is 0 Å². The van der Waals surface area contributed by atoms with Crippen LogP contribution in [0.25, 0.3) is 0 Å². The molecule has 0 saturated carbocycles. The lowest BCUT2D eigenvalue weighted by atomic mass is 9.94. The summed E-state index contributed by atoms with van der Waals surface area (Å²) in [4.78, 5) is 2.49. The third kappa shape index (κ3) is 4.82. The Balaban J connectivity index is 2.77. The van der Waals surface area contributed by atoms with Crippen LogP contribution in [-0.4, -0.2) is 10.2 Å². The number of rotatable bonds is 6. The van der Waals surface area contributed by atoms with E-state index >= 15 is 0 Å². The Bertz CT molecular complexity index is 679. The molecule has 0 fully saturated rings. The predicted octanol–water partition coefficient (Wildman–Crippen LogP) is 7.74. The van der Waals surface area contributed by atoms with Crippen LogP contribution >= 0.6 is 11.8 Å². The molecular formula is C24H34O2S. The summed E-state index contributed by atoms with van der Waals surface area (Å²) >= 11 is 1.80. The van der Waals surface area contributed by atoms with E-state index in [4.69, 9.17) is 0 Å². The number of aromatic hydroxyl groups is 2. The van der Waals surface area contributed by atoms with Crippen molar-refractivity contribution in [2.75, 3.05) is 0 Å². The fraction of sp³-hybridized carbons (Fsp3) is 0.500. The molecule has 0 aliphatic carbocycles. The second kappa shape index (κ2) is 8.60. The summed E-state index contributed by atoms with van der Waals surface area (Å²) in [6.45, 7) is 17.4. The van der Waals surface area contributed by atoms with E-state index in [9.17, 15) is 10.2 Å². The van der Waals surface area contributed by atoms with Crippen molar-refractivity contribution in [3.05, 3.63) is 46.5 Å². The van der Waals surface area contributed by atoms with E-state index in [-0.39, 0.29) is 0 Å². The number of hydrogen-bond acceptors (Lipinski definition) is 3. The van der Waals surface area contributed by atoms with Gasteiger partial charge < -0.3 is 10.2 Å². The van der Waals surface area contributed by atoms with Crippen molar-refractivity contribution in [1.29, 1.82) is 0 Å². The maximum absolute atomic E-state index is 10.3. The summed E-state index contributed by atoms with van der Waals surface area (Å²) in [6.07, 6.45) is 0. The van der Waals surface area contributed by atoms with Gasteiger partial charge in [0.05, 0.1) is 0 Å². The van der Waals surface area contributed by atoms with Crippen LogP contribution in [0.1, 0.15) is 101 Å². The molecule has 0 amide bonds. The monoisotopic (exact) mass is 386 g/mol. The van der Waals surface area contributed by atoms with Gasteiger partial charge in [0.25, 0.3) is 0 Å². The maximum atomic E-state index is 10.3. The van der Waals surface area contributed by atoms with Crippen molar-refractivity contribution in [1.82, 2.24) is 0 Å². The van der Waals surface area contributed by atoms with Gasteiger partial charge in [0.2, 0.25) is 0 Å². The standard InChI is InChI=1S/C24H34O2S/c1-13(2)19-9-17(25)10-20(14(3)4)23(19)27-24-21(15(5)6)11-18(26)12-22(24)16(7)8/h9-16,25-26H,1-8H3. The molecule has 0 bridgehead atoms. The molecule has 0 unspecified atom stereocenters. The highest BCUT2D eigenvalue weighted by Crippen LogP contribution is 2.47. The molecule has 0 saturated heterocycles. The summed E-state index contributed by atoms with van der Waals surface area (Å²) in [5.41, 5.74) is 4.73. The lowest BCUT2D eigenvalue weighted by Gasteiger charge is -2.24. The van der Waals surface area contributed by atoms with Gasteiger partial charge >= 0.3 is 0 Å². The average Bonchev–Trinajstić information content (AvgIpc) is 2.55. The van der Waals surface area contributed by atoms with Gasteiger partial charge in [0.1, 0.15) is 11.5 Å². The molecule has 0 heterocycles. The van der Waals surface area contributed by atoms with Gasteiger partial charge in [-0.1, -0.05) is 67.2 Å². The van der Waals surface area contributed by atoms with Gasteiger partial charge in [0.15, 0.2) is 0 Å². The molecule has 2 nitrogen and oxygen atoms in total. The molecule has 2 N–H and O–H groups in total. The van der Waals surface area contributed by atoms with E-state index in [0.717, 1.165) is 0 Å². The van der Waals surface area contributed by atoms with Crippen LogP contribution in [0.4, 0.5) is 0 Å². The van der Waals surface area contributed by atoms with Gasteiger partial charge in [-0.05, 0) is 70.2 Å². The predicted molar refractivity (Wildman–Crippen MR) is 117 cm³/mol. The molecular weight excluding hydrogens is 352 g/mol. The van der Waals surface area contributed by atoms with E-state index < -0.39 is 0 Å². The van der Waals surface area contributed by atoms with E-state index in [1.165, 1.54) is 32.0 Å². The van der Waals surface area contributed by atoms with Crippen molar-refractivity contribution in [3.8, 4) is 11.5 Å². The Morgan fingerprint density at radius 3 is 0.926 bits per heavy atom. The number of phenols is 2. The first-order chi connectivity index (χ1) is 12.5. The van der Waals surface area contributed by atoms with Crippen LogP contribution in [0.2, 0.25) is 0 Å². The fourth-order valence-corrected chi connectivity index (χ4v) is 5.22. The summed E-state index contributed by atoms with van der Waals surface area (Å²) < 4.78 is 0. The first-order valence-corrected chi connectivity index (χ1v) is 10.8. The second-order valence-corrected chi connectivity index (χ2v) is 9.65. The molecule has 0 aromatic heterocycles. The molecule has 148 valence electrons. The minimum absolute atomic E-state index is 0.319. The van der Waals surface area contributed by atoms with Crippen LogP contribution in [0.15, 0.2) is 34.1 Å². The Morgan fingerprint density at radius 1 is 0.519 bits per heavy atom. The molecule has 3 heteroatoms. The van der Waals surface area contributed by atoms with Crippen molar-refractivity contribution in [3.63, 3.8) is 0 Å². The quantitative estimate of drug-likeness (QED) is 0.533. The highest BCUT2D eigenvalue weighted by molar-refractivity contribution is 7.99. The highest BCUT2D eigenvalue weighted by Gasteiger charge is 2.22. The van der Waals surface area contributed by atoms with Gasteiger partial charge in [0, 0.05) is 9.79 Å². The van der Waals surface area contributed by atoms with Crippen LogP contribution in [0.3, 0.4) is 0 Å². The zero-order valence-corrected chi connectivity index (χ0v) is 18.7. The Morgan fingerprint density at radius 2 is 0.741 bits per heavy atom. The highest BCUT2D eigenvalue weighted by atomic mass is 32.2. The Hall–Kier alpha value is -1.61. The SMILES string of the molecule is CC(C)c1cc(O)cc(C(C)C)c1Sc1c(C(C)C)cc(O)cc1C(C)C. The lowest BCUT2D eigenvalue weighted by molar-refractivity contribution is 0.471. The lowest BCUT2D eigenvalue weighted by Crippen LogP contribution is -2.03. The summed E-state index contributed by atoms with van der Waals surface area (Å²) in [7, 11) is 0. The molecule has 2 aromatic carbocycles. The molecule has 0 aliphatic heterocycles. The zero-order valence-electron chi connectivity index (χ0n) is 17.9. The normalized spacial score (nSPS) is 12.0. The third-order valence-electron chi connectivity index (χ3n) is 4.95. The largest absolute Gasteiger partial charge is 0.508 e. The van der Waals surface area contributed by atoms with Crippen LogP contribution in [0.5, 0.6) is 11.5 Å². The Kier molecular flexibility index (Phi) is 6.91. The third-order valence-corrected chi connectivity index (χ3v) is 6.31. The molecule has 27 heavy (non-hydrogen) atoms. The topological polar surface area (TPSA) is 40.5 Å². The summed E-state index contributed by atoms with van der Waals surface area (Å²) in [6, 6.07) is 7.62. The zero-order chi connectivity index (χ0) is 20.5. The van der Waals surface area contributed by atoms with Crippen LogP contribution in [0, 0.1) is 0 Å². The minimum Gasteiger partial charge on any atom is -0.508 e. The van der Waals surface area contributed by atoms with Crippen LogP contribution in [-0.2, 0) is 0 Å². The molecule has 2 aromatic rings. The summed E-state index contributed by atoms with van der Waals surface area (Å²) in [5.74, 6) is 1.95. The molecule has 0 atom stereocenters. The number of hydrogen-bond donors (Lipinski definition) is 2. The molecule has 0 radical (unpaired) electrons. The molecule has 0 spiro atoms. The van der Waals surface area contributed by atoms with E-state index in [1.54, 1.807) is 11.8 Å². The average molecular weight is 387 g/mol. The first kappa shape index (κ1) is 21.7. The molecule has 2 rings (SSSR count). The first-order valence-electron chi connectivity index (χ1n) is 9.94. The smallest absolute Gasteiger partial charge is 0.116 e. The van der Waals surface area contributed by atoms with Gasteiger partial charge in [-0.25, -0.2) is 0 Å². The van der Waals surface area contributed by atoms with Crippen LogP contribution < -0.4 is 0 Å². The fourth-order valence-electron chi connectivity index (χ4n) is 3.37.